The van der Waals surface area contributed by atoms with Gasteiger partial charge in [0.05, 0.1) is 19.8 Å². The molecule has 0 spiro atoms. The lowest BCUT2D eigenvalue weighted by atomic mass is 10.1. The molecule has 6 nitrogen and oxygen atoms in total. The predicted molar refractivity (Wildman–Crippen MR) is 128 cm³/mol. The van der Waals surface area contributed by atoms with Crippen LogP contribution in [0.15, 0.2) is 55.1 Å². The average Bonchev–Trinajstić information content (AvgIpc) is 3.52. The van der Waals surface area contributed by atoms with Crippen molar-refractivity contribution in [3.05, 3.63) is 71.8 Å². The third-order valence-corrected chi connectivity index (χ3v) is 5.85. The van der Waals surface area contributed by atoms with Gasteiger partial charge in [-0.25, -0.2) is 0 Å². The first kappa shape index (κ1) is 22.9. The van der Waals surface area contributed by atoms with Crippen LogP contribution in [0.1, 0.15) is 29.5 Å². The molecule has 0 aromatic heterocycles. The van der Waals surface area contributed by atoms with E-state index in [0.717, 1.165) is 49.4 Å². The number of benzene rings is 2. The van der Waals surface area contributed by atoms with Crippen LogP contribution in [-0.4, -0.2) is 50.4 Å². The highest BCUT2D eigenvalue weighted by atomic mass is 16.5. The summed E-state index contributed by atoms with van der Waals surface area (Å²) in [5, 5.41) is 0. The molecule has 2 aliphatic heterocycles. The summed E-state index contributed by atoms with van der Waals surface area (Å²) in [5.41, 5.74) is 3.15. The summed E-state index contributed by atoms with van der Waals surface area (Å²) in [4.78, 5) is 15.0. The Morgan fingerprint density at radius 1 is 1.21 bits per heavy atom. The molecule has 174 valence electrons. The Bertz CT molecular complexity index is 1010. The van der Waals surface area contributed by atoms with Gasteiger partial charge in [-0.3, -0.25) is 4.79 Å². The molecule has 1 atom stereocenters. The van der Waals surface area contributed by atoms with E-state index in [4.69, 9.17) is 18.9 Å². The molecule has 33 heavy (non-hydrogen) atoms. The van der Waals surface area contributed by atoms with Crippen LogP contribution in [0.4, 0.5) is 0 Å². The number of fused-ring (bicyclic) bond motifs is 1. The number of amides is 1. The van der Waals surface area contributed by atoms with Gasteiger partial charge in [-0.2, -0.15) is 0 Å². The van der Waals surface area contributed by atoms with Crippen molar-refractivity contribution < 1.29 is 23.7 Å². The first-order valence-electron chi connectivity index (χ1n) is 11.4. The van der Waals surface area contributed by atoms with E-state index in [1.165, 1.54) is 5.56 Å². The molecule has 0 N–H and O–H groups in total. The molecule has 1 amide bonds. The van der Waals surface area contributed by atoms with E-state index in [9.17, 15) is 4.79 Å². The van der Waals surface area contributed by atoms with E-state index in [-0.39, 0.29) is 12.0 Å². The molecule has 1 saturated heterocycles. The molecule has 2 aromatic carbocycles. The summed E-state index contributed by atoms with van der Waals surface area (Å²) in [6.07, 6.45) is 8.18. The first-order valence-corrected chi connectivity index (χ1v) is 11.4. The number of hydrogen-bond acceptors (Lipinski definition) is 5. The largest absolute Gasteiger partial charge is 0.493 e. The van der Waals surface area contributed by atoms with Crippen LogP contribution in [0, 0.1) is 0 Å². The van der Waals surface area contributed by atoms with Gasteiger partial charge in [0.15, 0.2) is 11.5 Å². The summed E-state index contributed by atoms with van der Waals surface area (Å²) in [6, 6.07) is 11.8. The minimum Gasteiger partial charge on any atom is -0.493 e. The predicted octanol–water partition coefficient (Wildman–Crippen LogP) is 4.42. The van der Waals surface area contributed by atoms with Crippen LogP contribution in [0.3, 0.4) is 0 Å². The van der Waals surface area contributed by atoms with E-state index in [1.54, 1.807) is 19.3 Å². The summed E-state index contributed by atoms with van der Waals surface area (Å²) in [6.45, 7) is 6.56. The third kappa shape index (κ3) is 5.96. The monoisotopic (exact) mass is 449 g/mol. The molecule has 0 saturated carbocycles. The summed E-state index contributed by atoms with van der Waals surface area (Å²) in [5.74, 6) is 2.18. The SMILES string of the molecule is C=CCOc1ccc(CN(CC2CCCO2)C(=O)/C=C/c2ccc3c(c2)CCO3)cc1OC. The molecule has 2 aromatic rings. The normalized spacial score (nSPS) is 16.9. The second-order valence-electron chi connectivity index (χ2n) is 8.24. The number of rotatable bonds is 10. The molecule has 2 heterocycles. The fraction of sp³-hybridized carbons (Fsp3) is 0.370. The van der Waals surface area contributed by atoms with Crippen molar-refractivity contribution in [2.45, 2.75) is 31.9 Å². The van der Waals surface area contributed by atoms with Crippen molar-refractivity contribution in [2.24, 2.45) is 0 Å². The molecule has 4 rings (SSSR count). The molecule has 2 aliphatic rings. The van der Waals surface area contributed by atoms with Crippen molar-refractivity contribution in [3.8, 4) is 17.2 Å². The van der Waals surface area contributed by atoms with Gasteiger partial charge in [0.2, 0.25) is 5.91 Å². The first-order chi connectivity index (χ1) is 16.2. The number of carbonyl (C=O) groups excluding carboxylic acids is 1. The highest BCUT2D eigenvalue weighted by Gasteiger charge is 2.22. The van der Waals surface area contributed by atoms with Gasteiger partial charge in [0.25, 0.3) is 0 Å². The third-order valence-electron chi connectivity index (χ3n) is 5.85. The molecule has 1 unspecified atom stereocenters. The van der Waals surface area contributed by atoms with Crippen molar-refractivity contribution in [3.63, 3.8) is 0 Å². The number of hydrogen-bond donors (Lipinski definition) is 0. The molecule has 6 heteroatoms. The van der Waals surface area contributed by atoms with Crippen LogP contribution in [-0.2, 0) is 22.5 Å². The second kappa shape index (κ2) is 11.1. The van der Waals surface area contributed by atoms with Gasteiger partial charge in [0, 0.05) is 32.2 Å². The maximum Gasteiger partial charge on any atom is 0.246 e. The van der Waals surface area contributed by atoms with Crippen LogP contribution >= 0.6 is 0 Å². The van der Waals surface area contributed by atoms with Gasteiger partial charge in [-0.05, 0) is 59.9 Å². The van der Waals surface area contributed by atoms with Crippen LogP contribution in [0.2, 0.25) is 0 Å². The lowest BCUT2D eigenvalue weighted by molar-refractivity contribution is -0.128. The topological polar surface area (TPSA) is 57.2 Å². The number of methoxy groups -OCH3 is 1. The maximum absolute atomic E-state index is 13.2. The summed E-state index contributed by atoms with van der Waals surface area (Å²) in [7, 11) is 1.61. The molecule has 0 aliphatic carbocycles. The average molecular weight is 450 g/mol. The zero-order valence-corrected chi connectivity index (χ0v) is 19.1. The number of carbonyl (C=O) groups is 1. The Balaban J connectivity index is 1.49. The Labute approximate surface area is 195 Å². The van der Waals surface area contributed by atoms with Crippen molar-refractivity contribution in [1.29, 1.82) is 0 Å². The van der Waals surface area contributed by atoms with E-state index >= 15 is 0 Å². The molecule has 0 bridgehead atoms. The van der Waals surface area contributed by atoms with E-state index < -0.39 is 0 Å². The Kier molecular flexibility index (Phi) is 7.68. The lowest BCUT2D eigenvalue weighted by Gasteiger charge is -2.25. The van der Waals surface area contributed by atoms with E-state index in [0.29, 0.717) is 31.2 Å². The zero-order chi connectivity index (χ0) is 23.0. The zero-order valence-electron chi connectivity index (χ0n) is 19.1. The fourth-order valence-corrected chi connectivity index (χ4v) is 4.15. The summed E-state index contributed by atoms with van der Waals surface area (Å²) < 4.78 is 22.5. The highest BCUT2D eigenvalue weighted by molar-refractivity contribution is 5.91. The van der Waals surface area contributed by atoms with Crippen LogP contribution in [0.25, 0.3) is 6.08 Å². The van der Waals surface area contributed by atoms with Crippen LogP contribution in [0.5, 0.6) is 17.2 Å². The summed E-state index contributed by atoms with van der Waals surface area (Å²) >= 11 is 0. The Hall–Kier alpha value is -3.25. The van der Waals surface area contributed by atoms with Crippen molar-refractivity contribution >= 4 is 12.0 Å². The minimum absolute atomic E-state index is 0.0480. The van der Waals surface area contributed by atoms with Gasteiger partial charge < -0.3 is 23.8 Å². The van der Waals surface area contributed by atoms with Gasteiger partial charge in [0.1, 0.15) is 12.4 Å². The van der Waals surface area contributed by atoms with E-state index in [2.05, 4.69) is 12.6 Å². The highest BCUT2D eigenvalue weighted by Crippen LogP contribution is 2.29. The molecular weight excluding hydrogens is 418 g/mol. The molecule has 0 radical (unpaired) electrons. The lowest BCUT2D eigenvalue weighted by Crippen LogP contribution is -2.35. The smallest absolute Gasteiger partial charge is 0.246 e. The Morgan fingerprint density at radius 2 is 2.12 bits per heavy atom. The standard InChI is InChI=1S/C27H31NO5/c1-3-13-32-25-10-7-21(17-26(25)30-2)18-28(19-23-5-4-14-31-23)27(29)11-8-20-6-9-24-22(16-20)12-15-33-24/h3,6-11,16-17,23H,1,4-5,12-15,18-19H2,2H3/b11-8+. The van der Waals surface area contributed by atoms with Crippen molar-refractivity contribution in [2.75, 3.05) is 33.5 Å². The fourth-order valence-electron chi connectivity index (χ4n) is 4.15. The molecule has 1 fully saturated rings. The Morgan fingerprint density at radius 3 is 2.91 bits per heavy atom. The molecular formula is C27H31NO5. The quantitative estimate of drug-likeness (QED) is 0.397. The maximum atomic E-state index is 13.2. The number of nitrogens with zero attached hydrogens (tertiary/aromatic N) is 1. The van der Waals surface area contributed by atoms with E-state index in [1.807, 2.05) is 41.3 Å². The van der Waals surface area contributed by atoms with Gasteiger partial charge in [-0.1, -0.05) is 24.8 Å². The second-order valence-corrected chi connectivity index (χ2v) is 8.24. The van der Waals surface area contributed by atoms with Gasteiger partial charge >= 0.3 is 0 Å². The number of ether oxygens (including phenoxy) is 4. The van der Waals surface area contributed by atoms with Crippen molar-refractivity contribution in [1.82, 2.24) is 4.90 Å². The van der Waals surface area contributed by atoms with Gasteiger partial charge in [-0.15, -0.1) is 0 Å². The van der Waals surface area contributed by atoms with Crippen LogP contribution < -0.4 is 14.2 Å². The minimum atomic E-state index is -0.0480.